The number of likely N-dealkylation sites (tertiary alicyclic amines) is 1. The lowest BCUT2D eigenvalue weighted by Crippen LogP contribution is -2.53. The van der Waals surface area contributed by atoms with E-state index in [-0.39, 0.29) is 0 Å². The summed E-state index contributed by atoms with van der Waals surface area (Å²) in [6, 6.07) is 0.637. The first kappa shape index (κ1) is 14.7. The lowest BCUT2D eigenvalue weighted by Gasteiger charge is -2.47. The molecule has 0 radical (unpaired) electrons. The second kappa shape index (κ2) is 6.28. The van der Waals surface area contributed by atoms with E-state index in [1.165, 1.54) is 30.6 Å². The zero-order chi connectivity index (χ0) is 14.8. The van der Waals surface area contributed by atoms with E-state index in [2.05, 4.69) is 21.8 Å². The van der Waals surface area contributed by atoms with E-state index >= 15 is 0 Å². The quantitative estimate of drug-likeness (QED) is 0.911. The van der Waals surface area contributed by atoms with Crippen LogP contribution in [0.2, 0.25) is 0 Å². The largest absolute Gasteiger partial charge is 0.384 e. The molecular formula is C16H26N4O. The average Bonchev–Trinajstić information content (AvgIpc) is 2.46. The van der Waals surface area contributed by atoms with Crippen LogP contribution in [0.15, 0.2) is 6.20 Å². The Kier molecular flexibility index (Phi) is 4.40. The van der Waals surface area contributed by atoms with E-state index in [1.807, 2.05) is 6.20 Å². The molecule has 5 heteroatoms. The third-order valence-electron chi connectivity index (χ3n) is 4.91. The predicted molar refractivity (Wildman–Crippen MR) is 83.0 cm³/mol. The molecule has 0 bridgehead atoms. The van der Waals surface area contributed by atoms with Crippen molar-refractivity contribution in [2.75, 3.05) is 32.5 Å². The molecule has 1 saturated heterocycles. The van der Waals surface area contributed by atoms with Gasteiger partial charge in [0.2, 0.25) is 5.95 Å². The van der Waals surface area contributed by atoms with Crippen molar-refractivity contribution in [3.05, 3.63) is 17.5 Å². The van der Waals surface area contributed by atoms with Crippen LogP contribution >= 0.6 is 0 Å². The number of hydrogen-bond acceptors (Lipinski definition) is 5. The summed E-state index contributed by atoms with van der Waals surface area (Å²) in [6.07, 6.45) is 6.47. The molecule has 1 aromatic rings. The summed E-state index contributed by atoms with van der Waals surface area (Å²) in [7, 11) is 1.81. The van der Waals surface area contributed by atoms with Crippen molar-refractivity contribution in [2.45, 2.75) is 38.6 Å². The maximum atomic E-state index is 5.75. The van der Waals surface area contributed by atoms with Gasteiger partial charge in [0.1, 0.15) is 0 Å². The van der Waals surface area contributed by atoms with Gasteiger partial charge >= 0.3 is 0 Å². The Morgan fingerprint density at radius 2 is 2.29 bits per heavy atom. The molecule has 2 N–H and O–H groups in total. The highest BCUT2D eigenvalue weighted by Crippen LogP contribution is 2.36. The second-order valence-corrected chi connectivity index (χ2v) is 6.49. The van der Waals surface area contributed by atoms with Gasteiger partial charge in [-0.3, -0.25) is 4.90 Å². The van der Waals surface area contributed by atoms with Gasteiger partial charge in [-0.1, -0.05) is 6.92 Å². The molecular weight excluding hydrogens is 264 g/mol. The maximum absolute atomic E-state index is 5.75. The first-order chi connectivity index (χ1) is 10.2. The normalized spacial score (nSPS) is 29.0. The topological polar surface area (TPSA) is 64.3 Å². The number of nitrogens with two attached hydrogens (primary N) is 1. The molecule has 1 aliphatic carbocycles. The zero-order valence-electron chi connectivity index (χ0n) is 13.1. The van der Waals surface area contributed by atoms with E-state index in [9.17, 15) is 0 Å². The Balaban J connectivity index is 1.82. The number of hydrogen-bond donors (Lipinski definition) is 1. The van der Waals surface area contributed by atoms with E-state index in [4.69, 9.17) is 10.5 Å². The molecule has 3 rings (SSSR count). The summed E-state index contributed by atoms with van der Waals surface area (Å²) in [5, 5.41) is 0. The summed E-state index contributed by atoms with van der Waals surface area (Å²) in [4.78, 5) is 11.3. The molecule has 1 aliphatic heterocycles. The van der Waals surface area contributed by atoms with Gasteiger partial charge in [-0.2, -0.15) is 0 Å². The molecule has 21 heavy (non-hydrogen) atoms. The van der Waals surface area contributed by atoms with Gasteiger partial charge < -0.3 is 10.5 Å². The van der Waals surface area contributed by atoms with E-state index in [0.717, 1.165) is 26.0 Å². The number of nitrogens with zero attached hydrogens (tertiary/aromatic N) is 3. The number of piperidine rings is 1. The first-order valence-electron chi connectivity index (χ1n) is 8.04. The van der Waals surface area contributed by atoms with Crippen molar-refractivity contribution >= 4 is 5.95 Å². The molecule has 5 nitrogen and oxygen atoms in total. The molecule has 3 unspecified atom stereocenters. The average molecular weight is 290 g/mol. The van der Waals surface area contributed by atoms with Gasteiger partial charge in [-0.05, 0) is 49.6 Å². The highest BCUT2D eigenvalue weighted by molar-refractivity contribution is 5.29. The van der Waals surface area contributed by atoms with Gasteiger partial charge in [-0.25, -0.2) is 9.97 Å². The highest BCUT2D eigenvalue weighted by Gasteiger charge is 2.39. The molecule has 0 aromatic carbocycles. The van der Waals surface area contributed by atoms with Crippen LogP contribution < -0.4 is 5.73 Å². The van der Waals surface area contributed by atoms with E-state index in [1.54, 1.807) is 7.11 Å². The number of anilines is 1. The number of fused-ring (bicyclic) bond motifs is 2. The van der Waals surface area contributed by atoms with Crippen molar-refractivity contribution in [3.8, 4) is 0 Å². The molecule has 0 spiro atoms. The van der Waals surface area contributed by atoms with Crippen molar-refractivity contribution < 1.29 is 4.74 Å². The SMILES string of the molecule is CCCN1CC(COC)CC2Cc3nc(N)ncc3CC21. The summed E-state index contributed by atoms with van der Waals surface area (Å²) in [6.45, 7) is 5.46. The number of ether oxygens (including phenoxy) is 1. The van der Waals surface area contributed by atoms with Crippen LogP contribution in [0.25, 0.3) is 0 Å². The number of nitrogen functional groups attached to an aromatic ring is 1. The number of rotatable bonds is 4. The van der Waals surface area contributed by atoms with Crippen LogP contribution in [0.4, 0.5) is 5.95 Å². The minimum Gasteiger partial charge on any atom is -0.384 e. The van der Waals surface area contributed by atoms with E-state index in [0.29, 0.717) is 23.8 Å². The molecule has 2 heterocycles. The van der Waals surface area contributed by atoms with Crippen LogP contribution in [0.1, 0.15) is 31.0 Å². The Hall–Kier alpha value is -1.20. The second-order valence-electron chi connectivity index (χ2n) is 6.49. The Morgan fingerprint density at radius 3 is 3.05 bits per heavy atom. The molecule has 1 fully saturated rings. The fourth-order valence-corrected chi connectivity index (χ4v) is 4.12. The predicted octanol–water partition coefficient (Wildman–Crippen LogP) is 1.52. The Bertz CT molecular complexity index is 493. The van der Waals surface area contributed by atoms with E-state index < -0.39 is 0 Å². The van der Waals surface area contributed by atoms with Crippen LogP contribution in [0.5, 0.6) is 0 Å². The summed E-state index contributed by atoms with van der Waals surface area (Å²) < 4.78 is 5.40. The maximum Gasteiger partial charge on any atom is 0.220 e. The summed E-state index contributed by atoms with van der Waals surface area (Å²) in [5.74, 6) is 1.72. The lowest BCUT2D eigenvalue weighted by atomic mass is 9.74. The zero-order valence-corrected chi connectivity index (χ0v) is 13.1. The fourth-order valence-electron chi connectivity index (χ4n) is 4.12. The van der Waals surface area contributed by atoms with Gasteiger partial charge in [0.05, 0.1) is 6.61 Å². The Labute approximate surface area is 126 Å². The Morgan fingerprint density at radius 1 is 1.43 bits per heavy atom. The molecule has 0 amide bonds. The first-order valence-corrected chi connectivity index (χ1v) is 8.04. The summed E-state index contributed by atoms with van der Waals surface area (Å²) in [5.41, 5.74) is 8.20. The third-order valence-corrected chi connectivity index (χ3v) is 4.91. The monoisotopic (exact) mass is 290 g/mol. The van der Waals surface area contributed by atoms with Crippen molar-refractivity contribution in [2.24, 2.45) is 11.8 Å². The molecule has 0 saturated carbocycles. The van der Waals surface area contributed by atoms with Gasteiger partial charge in [0.15, 0.2) is 0 Å². The highest BCUT2D eigenvalue weighted by atomic mass is 16.5. The summed E-state index contributed by atoms with van der Waals surface area (Å²) >= 11 is 0. The number of methoxy groups -OCH3 is 1. The molecule has 3 atom stereocenters. The van der Waals surface area contributed by atoms with Gasteiger partial charge in [0, 0.05) is 31.6 Å². The third kappa shape index (κ3) is 3.04. The van der Waals surface area contributed by atoms with Gasteiger partial charge in [0.25, 0.3) is 0 Å². The lowest BCUT2D eigenvalue weighted by molar-refractivity contribution is 0.0164. The van der Waals surface area contributed by atoms with Crippen molar-refractivity contribution in [1.82, 2.24) is 14.9 Å². The van der Waals surface area contributed by atoms with Crippen LogP contribution in [-0.4, -0.2) is 47.7 Å². The van der Waals surface area contributed by atoms with Crippen LogP contribution in [-0.2, 0) is 17.6 Å². The van der Waals surface area contributed by atoms with Crippen molar-refractivity contribution in [3.63, 3.8) is 0 Å². The molecule has 116 valence electrons. The minimum atomic E-state index is 0.405. The fraction of sp³-hybridized carbons (Fsp3) is 0.750. The van der Waals surface area contributed by atoms with Gasteiger partial charge in [-0.15, -0.1) is 0 Å². The standard InChI is InChI=1S/C16H26N4O/c1-3-4-20-9-11(10-21-2)5-12-6-14-13(7-15(12)20)8-18-16(17)19-14/h8,11-12,15H,3-7,9-10H2,1-2H3,(H2,17,18,19). The molecule has 1 aromatic heterocycles. The van der Waals surface area contributed by atoms with Crippen LogP contribution in [0.3, 0.4) is 0 Å². The molecule has 2 aliphatic rings. The van der Waals surface area contributed by atoms with Crippen LogP contribution in [0, 0.1) is 11.8 Å². The minimum absolute atomic E-state index is 0.405. The van der Waals surface area contributed by atoms with Crippen molar-refractivity contribution in [1.29, 1.82) is 0 Å². The smallest absolute Gasteiger partial charge is 0.220 e. The number of aromatic nitrogens is 2.